The van der Waals surface area contributed by atoms with Crippen LogP contribution in [-0.2, 0) is 0 Å². The molecule has 0 aliphatic carbocycles. The summed E-state index contributed by atoms with van der Waals surface area (Å²) in [5, 5.41) is 12.5. The molecule has 0 unspecified atom stereocenters. The number of halogens is 1. The fraction of sp³-hybridized carbons (Fsp3) is 0.190. The Morgan fingerprint density at radius 2 is 1.75 bits per heavy atom. The number of hydrogen-bond donors (Lipinski definition) is 3. The molecule has 144 valence electrons. The van der Waals surface area contributed by atoms with Crippen molar-refractivity contribution in [2.24, 2.45) is 0 Å². The van der Waals surface area contributed by atoms with Crippen LogP contribution in [0.2, 0.25) is 0 Å². The zero-order valence-corrected chi connectivity index (χ0v) is 17.2. The molecule has 0 radical (unpaired) electrons. The van der Waals surface area contributed by atoms with E-state index in [2.05, 4.69) is 36.8 Å². The predicted molar refractivity (Wildman–Crippen MR) is 112 cm³/mol. The number of anilines is 1. The third-order valence-corrected chi connectivity index (χ3v) is 5.24. The first-order valence-corrected chi connectivity index (χ1v) is 9.77. The minimum Gasteiger partial charge on any atom is -0.344 e. The Morgan fingerprint density at radius 1 is 1.07 bits per heavy atom. The molecule has 7 heteroatoms. The number of benzene rings is 2. The molecule has 0 aliphatic rings. The molecule has 0 fully saturated rings. The van der Waals surface area contributed by atoms with Crippen molar-refractivity contribution >= 4 is 33.6 Å². The fourth-order valence-electron chi connectivity index (χ4n) is 2.90. The summed E-state index contributed by atoms with van der Waals surface area (Å²) < 4.78 is 0.412. The number of nitrogens with one attached hydrogen (secondary N) is 3. The molecule has 2 amide bonds. The van der Waals surface area contributed by atoms with Crippen LogP contribution in [0.4, 0.5) is 5.82 Å². The van der Waals surface area contributed by atoms with Crippen molar-refractivity contribution in [1.82, 2.24) is 15.5 Å². The molecule has 0 saturated carbocycles. The minimum absolute atomic E-state index is 0.117. The van der Waals surface area contributed by atoms with E-state index in [-0.39, 0.29) is 29.4 Å². The van der Waals surface area contributed by atoms with Gasteiger partial charge >= 0.3 is 0 Å². The third-order valence-electron chi connectivity index (χ3n) is 4.47. The highest BCUT2D eigenvalue weighted by Gasteiger charge is 2.22. The van der Waals surface area contributed by atoms with Crippen LogP contribution in [0.15, 0.2) is 59.1 Å². The highest BCUT2D eigenvalue weighted by Crippen LogP contribution is 2.26. The molecular weight excluding hydrogens is 420 g/mol. The first-order chi connectivity index (χ1) is 13.5. The van der Waals surface area contributed by atoms with Crippen molar-refractivity contribution < 1.29 is 9.59 Å². The predicted octanol–water partition coefficient (Wildman–Crippen LogP) is 4.61. The summed E-state index contributed by atoms with van der Waals surface area (Å²) in [4.78, 5) is 25.2. The Labute approximate surface area is 171 Å². The highest BCUT2D eigenvalue weighted by atomic mass is 79.9. The number of carbonyl (C=O) groups is 2. The first kappa shape index (κ1) is 19.8. The number of rotatable bonds is 6. The van der Waals surface area contributed by atoms with E-state index in [0.29, 0.717) is 10.0 Å². The largest absolute Gasteiger partial charge is 0.344 e. The smallest absolute Gasteiger partial charge is 0.271 e. The summed E-state index contributed by atoms with van der Waals surface area (Å²) in [5.74, 6) is -0.314. The summed E-state index contributed by atoms with van der Waals surface area (Å²) in [6.45, 7) is 3.87. The monoisotopic (exact) mass is 440 g/mol. The number of hydrogen-bond acceptors (Lipinski definition) is 3. The lowest BCUT2D eigenvalue weighted by atomic mass is 10.0. The number of H-pyrrole nitrogens is 1. The van der Waals surface area contributed by atoms with Gasteiger partial charge in [-0.25, -0.2) is 0 Å². The summed E-state index contributed by atoms with van der Waals surface area (Å²) in [6, 6.07) is 16.9. The normalized spacial score (nSPS) is 11.7. The van der Waals surface area contributed by atoms with Crippen LogP contribution in [0.1, 0.15) is 51.4 Å². The molecular formula is C21H21BrN4O2. The van der Waals surface area contributed by atoms with Crippen LogP contribution in [0, 0.1) is 6.92 Å². The molecule has 28 heavy (non-hydrogen) atoms. The second-order valence-electron chi connectivity index (χ2n) is 6.38. The van der Waals surface area contributed by atoms with Crippen molar-refractivity contribution in [3.63, 3.8) is 0 Å². The van der Waals surface area contributed by atoms with Crippen molar-refractivity contribution in [2.75, 3.05) is 5.32 Å². The average molecular weight is 441 g/mol. The van der Waals surface area contributed by atoms with Crippen molar-refractivity contribution in [3.05, 3.63) is 81.5 Å². The van der Waals surface area contributed by atoms with E-state index in [4.69, 9.17) is 0 Å². The summed E-state index contributed by atoms with van der Waals surface area (Å²) in [6.07, 6.45) is 0.748. The van der Waals surface area contributed by atoms with Crippen LogP contribution < -0.4 is 10.6 Å². The lowest BCUT2D eigenvalue weighted by Gasteiger charge is -2.17. The van der Waals surface area contributed by atoms with Gasteiger partial charge in [0.05, 0.1) is 10.5 Å². The van der Waals surface area contributed by atoms with Crippen molar-refractivity contribution in [2.45, 2.75) is 26.3 Å². The topological polar surface area (TPSA) is 86.9 Å². The van der Waals surface area contributed by atoms with Gasteiger partial charge in [0, 0.05) is 5.56 Å². The van der Waals surface area contributed by atoms with Gasteiger partial charge in [-0.1, -0.05) is 55.5 Å². The maximum atomic E-state index is 12.7. The quantitative estimate of drug-likeness (QED) is 0.522. The summed E-state index contributed by atoms with van der Waals surface area (Å²) >= 11 is 3.37. The maximum absolute atomic E-state index is 12.7. The fourth-order valence-corrected chi connectivity index (χ4v) is 3.36. The standard InChI is InChI=1S/C21H21BrN4O2/c1-3-16(14-10-5-4-6-11-14)23-21(28)18-17(22)19(26-25-18)24-20(27)15-12-8-7-9-13(15)2/h4-12,16H,3H2,1-2H3,(H,23,28)(H2,24,25,26,27)/t16-/m0/s1. The maximum Gasteiger partial charge on any atom is 0.271 e. The van der Waals surface area contributed by atoms with E-state index >= 15 is 0 Å². The molecule has 1 heterocycles. The van der Waals surface area contributed by atoms with Gasteiger partial charge in [0.15, 0.2) is 5.82 Å². The van der Waals surface area contributed by atoms with E-state index in [1.165, 1.54) is 0 Å². The van der Waals surface area contributed by atoms with E-state index in [0.717, 1.165) is 17.5 Å². The van der Waals surface area contributed by atoms with Gasteiger partial charge in [-0.2, -0.15) is 5.10 Å². The lowest BCUT2D eigenvalue weighted by Crippen LogP contribution is -2.28. The van der Waals surface area contributed by atoms with E-state index in [1.54, 1.807) is 12.1 Å². The zero-order chi connectivity index (χ0) is 20.1. The van der Waals surface area contributed by atoms with Gasteiger partial charge in [0.2, 0.25) is 0 Å². The molecule has 3 rings (SSSR count). The molecule has 0 aliphatic heterocycles. The van der Waals surface area contributed by atoms with Crippen LogP contribution in [0.3, 0.4) is 0 Å². The summed E-state index contributed by atoms with van der Waals surface area (Å²) in [5.41, 5.74) is 2.70. The molecule has 0 bridgehead atoms. The van der Waals surface area contributed by atoms with Gasteiger partial charge in [-0.3, -0.25) is 14.7 Å². The van der Waals surface area contributed by atoms with Crippen molar-refractivity contribution in [1.29, 1.82) is 0 Å². The number of aryl methyl sites for hydroxylation is 1. The van der Waals surface area contributed by atoms with E-state index in [9.17, 15) is 9.59 Å². The van der Waals surface area contributed by atoms with Crippen LogP contribution >= 0.6 is 15.9 Å². The Hall–Kier alpha value is -2.93. The second kappa shape index (κ2) is 8.84. The van der Waals surface area contributed by atoms with Gasteiger partial charge < -0.3 is 10.6 Å². The molecule has 3 N–H and O–H groups in total. The molecule has 0 spiro atoms. The van der Waals surface area contributed by atoms with Crippen LogP contribution in [0.25, 0.3) is 0 Å². The minimum atomic E-state index is -0.300. The third kappa shape index (κ3) is 4.31. The first-order valence-electron chi connectivity index (χ1n) is 8.98. The number of aromatic amines is 1. The molecule has 2 aromatic carbocycles. The van der Waals surface area contributed by atoms with Gasteiger partial charge in [-0.15, -0.1) is 0 Å². The van der Waals surface area contributed by atoms with Crippen LogP contribution in [-0.4, -0.2) is 22.0 Å². The number of aromatic nitrogens is 2. The zero-order valence-electron chi connectivity index (χ0n) is 15.6. The number of carbonyl (C=O) groups excluding carboxylic acids is 2. The van der Waals surface area contributed by atoms with Crippen LogP contribution in [0.5, 0.6) is 0 Å². The molecule has 3 aromatic rings. The Bertz CT molecular complexity index is 985. The Morgan fingerprint density at radius 3 is 2.43 bits per heavy atom. The summed E-state index contributed by atoms with van der Waals surface area (Å²) in [7, 11) is 0. The lowest BCUT2D eigenvalue weighted by molar-refractivity contribution is 0.0929. The van der Waals surface area contributed by atoms with Gasteiger partial charge in [0.25, 0.3) is 11.8 Å². The molecule has 1 aromatic heterocycles. The average Bonchev–Trinajstić information content (AvgIpc) is 3.07. The molecule has 1 atom stereocenters. The highest BCUT2D eigenvalue weighted by molar-refractivity contribution is 9.10. The number of nitrogens with zero attached hydrogens (tertiary/aromatic N) is 1. The molecule has 0 saturated heterocycles. The van der Waals surface area contributed by atoms with Gasteiger partial charge in [0.1, 0.15) is 5.69 Å². The SMILES string of the molecule is CC[C@H](NC(=O)c1[nH]nc(NC(=O)c2ccccc2C)c1Br)c1ccccc1. The van der Waals surface area contributed by atoms with Gasteiger partial charge in [-0.05, 0) is 46.5 Å². The Balaban J connectivity index is 1.74. The number of amides is 2. The Kier molecular flexibility index (Phi) is 6.26. The second-order valence-corrected chi connectivity index (χ2v) is 7.17. The molecule has 6 nitrogen and oxygen atoms in total. The van der Waals surface area contributed by atoms with Crippen molar-refractivity contribution in [3.8, 4) is 0 Å². The van der Waals surface area contributed by atoms with E-state index < -0.39 is 0 Å². The van der Waals surface area contributed by atoms with E-state index in [1.807, 2.05) is 56.3 Å².